The lowest BCUT2D eigenvalue weighted by atomic mass is 10.3. The van der Waals surface area contributed by atoms with Gasteiger partial charge in [0.05, 0.1) is 13.7 Å². The van der Waals surface area contributed by atoms with Crippen molar-refractivity contribution in [2.24, 2.45) is 0 Å². The van der Waals surface area contributed by atoms with Gasteiger partial charge in [0.1, 0.15) is 5.69 Å². The van der Waals surface area contributed by atoms with Crippen LogP contribution in [-0.2, 0) is 0 Å². The Kier molecular flexibility index (Phi) is 4.05. The third kappa shape index (κ3) is 2.92. The number of hydrogen-bond donors (Lipinski definition) is 1. The summed E-state index contributed by atoms with van der Waals surface area (Å²) in [7, 11) is 3.10. The highest BCUT2D eigenvalue weighted by Crippen LogP contribution is 2.08. The molecule has 0 aromatic carbocycles. The fourth-order valence-electron chi connectivity index (χ4n) is 1.09. The third-order valence-electron chi connectivity index (χ3n) is 1.93. The number of amides is 1. The van der Waals surface area contributed by atoms with E-state index in [1.807, 2.05) is 0 Å². The maximum atomic E-state index is 11.7. The number of pyridine rings is 1. The molecule has 1 N–H and O–H groups in total. The van der Waals surface area contributed by atoms with Gasteiger partial charge in [0.15, 0.2) is 0 Å². The Morgan fingerprint density at radius 2 is 2.33 bits per heavy atom. The quantitative estimate of drug-likeness (QED) is 0.768. The summed E-state index contributed by atoms with van der Waals surface area (Å²) in [5, 5.41) is 8.69. The van der Waals surface area contributed by atoms with E-state index in [-0.39, 0.29) is 19.1 Å². The van der Waals surface area contributed by atoms with Crippen LogP contribution in [0, 0.1) is 0 Å². The van der Waals surface area contributed by atoms with E-state index in [4.69, 9.17) is 9.84 Å². The van der Waals surface area contributed by atoms with Gasteiger partial charge in [0, 0.05) is 19.7 Å². The van der Waals surface area contributed by atoms with E-state index in [0.717, 1.165) is 0 Å². The van der Waals surface area contributed by atoms with Gasteiger partial charge in [0.25, 0.3) is 5.91 Å². The van der Waals surface area contributed by atoms with Crippen molar-refractivity contribution in [1.29, 1.82) is 0 Å². The SMILES string of the molecule is COc1cccc(C(=O)N(C)CCO)n1. The fraction of sp³-hybridized carbons (Fsp3) is 0.400. The van der Waals surface area contributed by atoms with Crippen molar-refractivity contribution in [1.82, 2.24) is 9.88 Å². The number of aliphatic hydroxyl groups excluding tert-OH is 1. The van der Waals surface area contributed by atoms with Crippen LogP contribution in [0.15, 0.2) is 18.2 Å². The van der Waals surface area contributed by atoms with Crippen molar-refractivity contribution in [2.45, 2.75) is 0 Å². The summed E-state index contributed by atoms with van der Waals surface area (Å²) in [4.78, 5) is 17.1. The molecule has 0 atom stereocenters. The topological polar surface area (TPSA) is 62.7 Å². The minimum Gasteiger partial charge on any atom is -0.481 e. The van der Waals surface area contributed by atoms with Gasteiger partial charge in [-0.25, -0.2) is 4.98 Å². The van der Waals surface area contributed by atoms with Crippen LogP contribution in [0.5, 0.6) is 5.88 Å². The van der Waals surface area contributed by atoms with Crippen LogP contribution in [0.25, 0.3) is 0 Å². The van der Waals surface area contributed by atoms with Gasteiger partial charge in [-0.3, -0.25) is 4.79 Å². The Hall–Kier alpha value is -1.62. The van der Waals surface area contributed by atoms with Crippen LogP contribution in [0.1, 0.15) is 10.5 Å². The molecule has 0 unspecified atom stereocenters. The molecule has 0 aliphatic rings. The predicted molar refractivity (Wildman–Crippen MR) is 54.8 cm³/mol. The van der Waals surface area contributed by atoms with Crippen LogP contribution in [0.4, 0.5) is 0 Å². The maximum Gasteiger partial charge on any atom is 0.272 e. The molecular weight excluding hydrogens is 196 g/mol. The summed E-state index contributed by atoms with van der Waals surface area (Å²) in [5.41, 5.74) is 0.310. The second-order valence-corrected chi connectivity index (χ2v) is 3.02. The van der Waals surface area contributed by atoms with Gasteiger partial charge in [-0.1, -0.05) is 6.07 Å². The van der Waals surface area contributed by atoms with Crippen molar-refractivity contribution in [3.8, 4) is 5.88 Å². The number of rotatable bonds is 4. The first kappa shape index (κ1) is 11.5. The Labute approximate surface area is 88.3 Å². The number of aliphatic hydroxyl groups is 1. The smallest absolute Gasteiger partial charge is 0.272 e. The van der Waals surface area contributed by atoms with Crippen molar-refractivity contribution < 1.29 is 14.6 Å². The van der Waals surface area contributed by atoms with Crippen molar-refractivity contribution in [3.63, 3.8) is 0 Å². The molecule has 5 nitrogen and oxygen atoms in total. The molecule has 0 saturated carbocycles. The molecule has 0 radical (unpaired) electrons. The summed E-state index contributed by atoms with van der Waals surface area (Å²) < 4.78 is 4.91. The number of carbonyl (C=O) groups is 1. The van der Waals surface area contributed by atoms with Gasteiger partial charge < -0.3 is 14.7 Å². The molecule has 1 amide bonds. The molecule has 82 valence electrons. The highest BCUT2D eigenvalue weighted by Gasteiger charge is 2.12. The minimum atomic E-state index is -0.233. The van der Waals surface area contributed by atoms with Gasteiger partial charge in [0.2, 0.25) is 5.88 Å². The van der Waals surface area contributed by atoms with E-state index in [1.165, 1.54) is 12.0 Å². The summed E-state index contributed by atoms with van der Waals surface area (Å²) in [6, 6.07) is 4.98. The summed E-state index contributed by atoms with van der Waals surface area (Å²) >= 11 is 0. The second kappa shape index (κ2) is 5.31. The molecule has 15 heavy (non-hydrogen) atoms. The maximum absolute atomic E-state index is 11.7. The minimum absolute atomic E-state index is 0.0633. The van der Waals surface area contributed by atoms with Crippen molar-refractivity contribution in [3.05, 3.63) is 23.9 Å². The third-order valence-corrected chi connectivity index (χ3v) is 1.93. The molecule has 0 spiro atoms. The Morgan fingerprint density at radius 1 is 1.60 bits per heavy atom. The number of carbonyl (C=O) groups excluding carboxylic acids is 1. The largest absolute Gasteiger partial charge is 0.481 e. The average molecular weight is 210 g/mol. The highest BCUT2D eigenvalue weighted by molar-refractivity contribution is 5.92. The number of ether oxygens (including phenoxy) is 1. The standard InChI is InChI=1S/C10H14N2O3/c1-12(6-7-13)10(14)8-4-3-5-9(11-8)15-2/h3-5,13H,6-7H2,1-2H3. The zero-order valence-corrected chi connectivity index (χ0v) is 8.80. The molecule has 1 rings (SSSR count). The van der Waals surface area contributed by atoms with Crippen LogP contribution in [0.3, 0.4) is 0 Å². The molecule has 0 fully saturated rings. The highest BCUT2D eigenvalue weighted by atomic mass is 16.5. The molecule has 0 bridgehead atoms. The molecule has 0 aliphatic heterocycles. The number of methoxy groups -OCH3 is 1. The summed E-state index contributed by atoms with van der Waals surface area (Å²) in [6.07, 6.45) is 0. The fourth-order valence-corrected chi connectivity index (χ4v) is 1.09. The first-order valence-corrected chi connectivity index (χ1v) is 4.56. The van der Waals surface area contributed by atoms with Gasteiger partial charge in [-0.15, -0.1) is 0 Å². The van der Waals surface area contributed by atoms with Crippen LogP contribution < -0.4 is 4.74 Å². The normalized spacial score (nSPS) is 9.80. The lowest BCUT2D eigenvalue weighted by Crippen LogP contribution is -2.30. The monoisotopic (exact) mass is 210 g/mol. The number of nitrogens with zero attached hydrogens (tertiary/aromatic N) is 2. The van der Waals surface area contributed by atoms with Crippen LogP contribution in [-0.4, -0.2) is 48.2 Å². The molecule has 5 heteroatoms. The molecule has 0 aliphatic carbocycles. The lowest BCUT2D eigenvalue weighted by molar-refractivity contribution is 0.0760. The molecule has 1 heterocycles. The molecule has 1 aromatic heterocycles. The summed E-state index contributed by atoms with van der Waals surface area (Å²) in [5.74, 6) is 0.168. The van der Waals surface area contributed by atoms with Gasteiger partial charge >= 0.3 is 0 Å². The molecular formula is C10H14N2O3. The zero-order chi connectivity index (χ0) is 11.3. The van der Waals surface area contributed by atoms with Crippen LogP contribution >= 0.6 is 0 Å². The lowest BCUT2D eigenvalue weighted by Gasteiger charge is -2.14. The zero-order valence-electron chi connectivity index (χ0n) is 8.80. The van der Waals surface area contributed by atoms with E-state index in [2.05, 4.69) is 4.98 Å². The first-order chi connectivity index (χ1) is 7.19. The van der Waals surface area contributed by atoms with E-state index >= 15 is 0 Å². The predicted octanol–water partition coefficient (Wildman–Crippen LogP) is 0.154. The molecule has 0 saturated heterocycles. The first-order valence-electron chi connectivity index (χ1n) is 4.56. The molecule has 1 aromatic rings. The summed E-state index contributed by atoms with van der Waals surface area (Å²) in [6.45, 7) is 0.226. The average Bonchev–Trinajstić information content (AvgIpc) is 2.28. The second-order valence-electron chi connectivity index (χ2n) is 3.02. The van der Waals surface area contributed by atoms with E-state index in [9.17, 15) is 4.79 Å². The Bertz CT molecular complexity index is 341. The van der Waals surface area contributed by atoms with E-state index < -0.39 is 0 Å². The van der Waals surface area contributed by atoms with Crippen molar-refractivity contribution in [2.75, 3.05) is 27.3 Å². The Balaban J connectivity index is 2.81. The number of hydrogen-bond acceptors (Lipinski definition) is 4. The van der Waals surface area contributed by atoms with E-state index in [1.54, 1.807) is 25.2 Å². The number of aromatic nitrogens is 1. The van der Waals surface area contributed by atoms with Gasteiger partial charge in [-0.2, -0.15) is 0 Å². The van der Waals surface area contributed by atoms with E-state index in [0.29, 0.717) is 11.6 Å². The van der Waals surface area contributed by atoms with Crippen LogP contribution in [0.2, 0.25) is 0 Å². The van der Waals surface area contributed by atoms with Gasteiger partial charge in [-0.05, 0) is 6.07 Å². The number of likely N-dealkylation sites (N-methyl/N-ethyl adjacent to an activating group) is 1. The Morgan fingerprint density at radius 3 is 2.93 bits per heavy atom. The van der Waals surface area contributed by atoms with Crippen molar-refractivity contribution >= 4 is 5.91 Å².